The van der Waals surface area contributed by atoms with Crippen LogP contribution >= 0.6 is 23.2 Å². The molecular weight excluding hydrogens is 557 g/mol. The Morgan fingerprint density at radius 2 is 1.71 bits per heavy atom. The van der Waals surface area contributed by atoms with Crippen LogP contribution in [0.3, 0.4) is 0 Å². The van der Waals surface area contributed by atoms with Gasteiger partial charge in [-0.15, -0.1) is 0 Å². The molecule has 0 unspecified atom stereocenters. The van der Waals surface area contributed by atoms with Crippen LogP contribution in [0.1, 0.15) is 68.2 Å². The van der Waals surface area contributed by atoms with Gasteiger partial charge in [-0.3, -0.25) is 9.48 Å². The molecule has 2 aromatic heterocycles. The van der Waals surface area contributed by atoms with E-state index in [0.717, 1.165) is 53.7 Å². The van der Waals surface area contributed by atoms with Crippen molar-refractivity contribution in [2.45, 2.75) is 70.5 Å². The number of amides is 1. The topological polar surface area (TPSA) is 88.0 Å². The van der Waals surface area contributed by atoms with Crippen molar-refractivity contribution < 1.29 is 4.79 Å². The van der Waals surface area contributed by atoms with Crippen molar-refractivity contribution >= 4 is 51.8 Å². The maximum absolute atomic E-state index is 13.5. The van der Waals surface area contributed by atoms with E-state index in [1.807, 2.05) is 55.4 Å². The lowest BCUT2D eigenvalue weighted by Crippen LogP contribution is -2.41. The molecule has 1 fully saturated rings. The second-order valence-corrected chi connectivity index (χ2v) is 12.9. The van der Waals surface area contributed by atoms with Crippen LogP contribution in [0.25, 0.3) is 10.9 Å². The Morgan fingerprint density at radius 1 is 1.00 bits per heavy atom. The van der Waals surface area contributed by atoms with Gasteiger partial charge in [0, 0.05) is 47.0 Å². The van der Waals surface area contributed by atoms with Gasteiger partial charge in [0.05, 0.1) is 17.8 Å². The molecule has 0 atom stereocenters. The smallest absolute Gasteiger partial charge is 0.269 e. The number of aromatic nitrogens is 4. The van der Waals surface area contributed by atoms with Crippen LogP contribution in [0, 0.1) is 0 Å². The summed E-state index contributed by atoms with van der Waals surface area (Å²) in [6, 6.07) is 15.7. The highest BCUT2D eigenvalue weighted by atomic mass is 35.5. The van der Waals surface area contributed by atoms with Gasteiger partial charge >= 0.3 is 0 Å². The van der Waals surface area contributed by atoms with E-state index in [0.29, 0.717) is 28.2 Å². The molecule has 2 heterocycles. The lowest BCUT2D eigenvalue weighted by atomic mass is 9.91. The van der Waals surface area contributed by atoms with Crippen molar-refractivity contribution in [3.8, 4) is 0 Å². The first-order valence-electron chi connectivity index (χ1n) is 14.0. The van der Waals surface area contributed by atoms with Crippen molar-refractivity contribution in [3.63, 3.8) is 0 Å². The van der Waals surface area contributed by atoms with Gasteiger partial charge in [0.2, 0.25) is 5.95 Å². The van der Waals surface area contributed by atoms with E-state index in [2.05, 4.69) is 31.4 Å². The lowest BCUT2D eigenvalue weighted by Gasteiger charge is -2.30. The van der Waals surface area contributed by atoms with E-state index >= 15 is 0 Å². The third kappa shape index (κ3) is 6.76. The monoisotopic (exact) mass is 593 g/mol. The summed E-state index contributed by atoms with van der Waals surface area (Å²) in [5.41, 5.74) is 2.95. The molecule has 10 heteroatoms. The average Bonchev–Trinajstić information content (AvgIpc) is 3.36. The predicted molar refractivity (Wildman–Crippen MR) is 167 cm³/mol. The molecule has 2 N–H and O–H groups in total. The normalized spacial score (nSPS) is 17.4. The molecule has 0 bridgehead atoms. The summed E-state index contributed by atoms with van der Waals surface area (Å²) >= 11 is 12.5. The van der Waals surface area contributed by atoms with Crippen molar-refractivity contribution in [2.24, 2.45) is 0 Å². The van der Waals surface area contributed by atoms with Gasteiger partial charge in [0.1, 0.15) is 11.5 Å². The second-order valence-electron chi connectivity index (χ2n) is 12.0. The Morgan fingerprint density at radius 3 is 2.39 bits per heavy atom. The van der Waals surface area contributed by atoms with Gasteiger partial charge in [-0.25, -0.2) is 4.98 Å². The molecule has 5 rings (SSSR count). The van der Waals surface area contributed by atoms with E-state index in [4.69, 9.17) is 38.3 Å². The van der Waals surface area contributed by atoms with Crippen LogP contribution in [0.15, 0.2) is 48.5 Å². The maximum atomic E-state index is 13.5. The fraction of sp³-hybridized carbons (Fsp3) is 0.419. The Labute approximate surface area is 251 Å². The van der Waals surface area contributed by atoms with Crippen molar-refractivity contribution in [3.05, 3.63) is 75.5 Å². The van der Waals surface area contributed by atoms with Crippen molar-refractivity contribution in [1.82, 2.24) is 25.1 Å². The Bertz CT molecular complexity index is 1550. The Hall–Kier alpha value is -3.36. The second kappa shape index (κ2) is 11.9. The zero-order valence-corrected chi connectivity index (χ0v) is 25.7. The Kier molecular flexibility index (Phi) is 8.43. The minimum Gasteiger partial charge on any atom is -0.362 e. The molecule has 8 nitrogen and oxygen atoms in total. The van der Waals surface area contributed by atoms with Gasteiger partial charge in [-0.2, -0.15) is 10.1 Å². The maximum Gasteiger partial charge on any atom is 0.269 e. The van der Waals surface area contributed by atoms with Crippen LogP contribution in [0.4, 0.5) is 11.8 Å². The highest BCUT2D eigenvalue weighted by Gasteiger charge is 2.27. The standard InChI is InChI=1S/C31H37Cl2N7O/c1-31(2,3)27-17-26(40(38-27)18-19-10-11-20(32)16-24(19)33)29(41)34-21-12-14-22(15-13-21)35-30-36-25-9-7-6-8-23(25)28(37-30)39(4)5/h6-11,16-17,21-22H,12-15,18H2,1-5H3,(H,34,41)(H,35,36,37). The zero-order chi connectivity index (χ0) is 29.3. The highest BCUT2D eigenvalue weighted by Crippen LogP contribution is 2.28. The van der Waals surface area contributed by atoms with Gasteiger partial charge in [-0.1, -0.05) is 62.2 Å². The van der Waals surface area contributed by atoms with E-state index in [1.165, 1.54) is 0 Å². The van der Waals surface area contributed by atoms with Crippen LogP contribution < -0.4 is 15.5 Å². The molecule has 1 saturated carbocycles. The molecule has 216 valence electrons. The molecule has 0 aliphatic heterocycles. The molecule has 41 heavy (non-hydrogen) atoms. The molecule has 4 aromatic rings. The summed E-state index contributed by atoms with van der Waals surface area (Å²) < 4.78 is 1.75. The number of rotatable bonds is 7. The van der Waals surface area contributed by atoms with E-state index in [-0.39, 0.29) is 23.4 Å². The summed E-state index contributed by atoms with van der Waals surface area (Å²) in [6.07, 6.45) is 3.54. The van der Waals surface area contributed by atoms with Crippen LogP contribution in [-0.2, 0) is 12.0 Å². The molecule has 1 aliphatic carbocycles. The molecular formula is C31H37Cl2N7O. The lowest BCUT2D eigenvalue weighted by molar-refractivity contribution is 0.0916. The number of carbonyl (C=O) groups is 1. The number of fused-ring (bicyclic) bond motifs is 1. The number of carbonyl (C=O) groups excluding carboxylic acids is 1. The zero-order valence-electron chi connectivity index (χ0n) is 24.2. The minimum atomic E-state index is -0.203. The van der Waals surface area contributed by atoms with Gasteiger partial charge in [0.25, 0.3) is 5.91 Å². The first kappa shape index (κ1) is 29.1. The summed E-state index contributed by atoms with van der Waals surface area (Å²) in [5.74, 6) is 1.41. The average molecular weight is 595 g/mol. The molecule has 0 radical (unpaired) electrons. The minimum absolute atomic E-state index is 0.0796. The van der Waals surface area contributed by atoms with E-state index in [9.17, 15) is 4.79 Å². The number of hydrogen-bond acceptors (Lipinski definition) is 6. The number of benzene rings is 2. The van der Waals surface area contributed by atoms with E-state index in [1.54, 1.807) is 16.8 Å². The fourth-order valence-corrected chi connectivity index (χ4v) is 5.66. The first-order valence-corrected chi connectivity index (χ1v) is 14.8. The summed E-state index contributed by atoms with van der Waals surface area (Å²) in [6.45, 7) is 6.65. The van der Waals surface area contributed by atoms with Gasteiger partial charge < -0.3 is 15.5 Å². The first-order chi connectivity index (χ1) is 19.5. The molecule has 0 spiro atoms. The molecule has 1 amide bonds. The fourth-order valence-electron chi connectivity index (χ4n) is 5.19. The van der Waals surface area contributed by atoms with E-state index < -0.39 is 0 Å². The highest BCUT2D eigenvalue weighted by molar-refractivity contribution is 6.35. The van der Waals surface area contributed by atoms with Gasteiger partial charge in [0.15, 0.2) is 0 Å². The summed E-state index contributed by atoms with van der Waals surface area (Å²) in [7, 11) is 3.99. The van der Waals surface area contributed by atoms with Crippen molar-refractivity contribution in [2.75, 3.05) is 24.3 Å². The van der Waals surface area contributed by atoms with Gasteiger partial charge in [-0.05, 0) is 61.6 Å². The number of anilines is 2. The quantitative estimate of drug-likeness (QED) is 0.248. The predicted octanol–water partition coefficient (Wildman–Crippen LogP) is 6.70. The number of para-hydroxylation sites is 1. The number of nitrogens with one attached hydrogen (secondary N) is 2. The number of halogens is 2. The summed E-state index contributed by atoms with van der Waals surface area (Å²) in [4.78, 5) is 25.1. The molecule has 1 aliphatic rings. The summed E-state index contributed by atoms with van der Waals surface area (Å²) in [5, 5.41) is 13.7. The van der Waals surface area contributed by atoms with Crippen LogP contribution in [0.5, 0.6) is 0 Å². The third-order valence-electron chi connectivity index (χ3n) is 7.52. The van der Waals surface area contributed by atoms with Crippen molar-refractivity contribution in [1.29, 1.82) is 0 Å². The number of nitrogens with zero attached hydrogens (tertiary/aromatic N) is 5. The third-order valence-corrected chi connectivity index (χ3v) is 8.11. The molecule has 2 aromatic carbocycles. The Balaban J connectivity index is 1.25. The number of hydrogen-bond donors (Lipinski definition) is 2. The SMILES string of the molecule is CN(C)c1nc(NC2CCC(NC(=O)c3cc(C(C)(C)C)nn3Cc3ccc(Cl)cc3Cl)CC2)nc2ccccc12. The molecule has 0 saturated heterocycles. The largest absolute Gasteiger partial charge is 0.362 e. The van der Waals surface area contributed by atoms with Crippen LogP contribution in [0.2, 0.25) is 10.0 Å². The van der Waals surface area contributed by atoms with Crippen LogP contribution in [-0.4, -0.2) is 51.8 Å².